The van der Waals surface area contributed by atoms with Crippen molar-refractivity contribution in [1.29, 1.82) is 0 Å². The molecule has 4 aromatic rings. The summed E-state index contributed by atoms with van der Waals surface area (Å²) in [6.45, 7) is 3.99. The number of fused-ring (bicyclic) bond motifs is 1. The quantitative estimate of drug-likeness (QED) is 0.554. The molecule has 6 nitrogen and oxygen atoms in total. The van der Waals surface area contributed by atoms with Crippen LogP contribution in [0.3, 0.4) is 0 Å². The molecule has 3 heterocycles. The highest BCUT2D eigenvalue weighted by atomic mass is 16.3. The Morgan fingerprint density at radius 3 is 2.78 bits per heavy atom. The maximum absolute atomic E-state index is 11.7. The van der Waals surface area contributed by atoms with E-state index in [1.807, 2.05) is 56.3 Å². The number of furan rings is 1. The SMILES string of the molecule is CCc1cc(=O)[nH]c(-c2ccc(N[C@H](C)c3cc4ccccc4o3)nc2)n1. The van der Waals surface area contributed by atoms with Crippen LogP contribution in [-0.2, 0) is 6.42 Å². The van der Waals surface area contributed by atoms with Crippen LogP contribution in [0.15, 0.2) is 63.9 Å². The average molecular weight is 360 g/mol. The van der Waals surface area contributed by atoms with Crippen LogP contribution in [0.1, 0.15) is 31.3 Å². The maximum Gasteiger partial charge on any atom is 0.251 e. The fourth-order valence-corrected chi connectivity index (χ4v) is 2.95. The molecule has 136 valence electrons. The average Bonchev–Trinajstić information content (AvgIpc) is 3.12. The second kappa shape index (κ2) is 7.07. The van der Waals surface area contributed by atoms with Gasteiger partial charge in [0.25, 0.3) is 5.56 Å². The summed E-state index contributed by atoms with van der Waals surface area (Å²) in [6, 6.07) is 15.2. The molecule has 0 saturated heterocycles. The molecule has 0 amide bonds. The summed E-state index contributed by atoms with van der Waals surface area (Å²) < 4.78 is 5.89. The Hall–Kier alpha value is -3.41. The van der Waals surface area contributed by atoms with E-state index in [2.05, 4.69) is 20.3 Å². The Balaban J connectivity index is 1.53. The highest BCUT2D eigenvalue weighted by Crippen LogP contribution is 2.26. The van der Waals surface area contributed by atoms with Gasteiger partial charge in [-0.1, -0.05) is 25.1 Å². The molecule has 0 saturated carbocycles. The number of rotatable bonds is 5. The van der Waals surface area contributed by atoms with E-state index in [1.54, 1.807) is 6.20 Å². The van der Waals surface area contributed by atoms with Gasteiger partial charge in [-0.05, 0) is 37.6 Å². The fraction of sp³-hybridized carbons (Fsp3) is 0.190. The van der Waals surface area contributed by atoms with Crippen LogP contribution in [-0.4, -0.2) is 15.0 Å². The van der Waals surface area contributed by atoms with E-state index in [-0.39, 0.29) is 11.6 Å². The Morgan fingerprint density at radius 2 is 2.04 bits per heavy atom. The highest BCUT2D eigenvalue weighted by molar-refractivity contribution is 5.77. The second-order valence-electron chi connectivity index (χ2n) is 6.42. The molecule has 0 aliphatic carbocycles. The minimum absolute atomic E-state index is 0.0305. The van der Waals surface area contributed by atoms with E-state index in [0.29, 0.717) is 12.2 Å². The number of aromatic nitrogens is 3. The first-order valence-corrected chi connectivity index (χ1v) is 8.94. The molecule has 4 rings (SSSR count). The van der Waals surface area contributed by atoms with Gasteiger partial charge < -0.3 is 14.7 Å². The predicted molar refractivity (Wildman–Crippen MR) is 106 cm³/mol. The summed E-state index contributed by atoms with van der Waals surface area (Å²) in [5.74, 6) is 2.10. The first-order chi connectivity index (χ1) is 13.1. The molecule has 3 aromatic heterocycles. The van der Waals surface area contributed by atoms with Crippen molar-refractivity contribution in [1.82, 2.24) is 15.0 Å². The number of anilines is 1. The van der Waals surface area contributed by atoms with Gasteiger partial charge in [0.05, 0.1) is 6.04 Å². The number of H-pyrrole nitrogens is 1. The zero-order valence-electron chi connectivity index (χ0n) is 15.2. The van der Waals surface area contributed by atoms with Crippen LogP contribution >= 0.6 is 0 Å². The van der Waals surface area contributed by atoms with E-state index >= 15 is 0 Å². The normalized spacial score (nSPS) is 12.2. The second-order valence-corrected chi connectivity index (χ2v) is 6.42. The van der Waals surface area contributed by atoms with Crippen LogP contribution in [0, 0.1) is 0 Å². The first kappa shape index (κ1) is 17.0. The molecule has 6 heteroatoms. The number of nitrogens with zero attached hydrogens (tertiary/aromatic N) is 2. The monoisotopic (exact) mass is 360 g/mol. The third-order valence-corrected chi connectivity index (χ3v) is 4.43. The van der Waals surface area contributed by atoms with Gasteiger partial charge in [-0.25, -0.2) is 9.97 Å². The minimum atomic E-state index is -0.155. The van der Waals surface area contributed by atoms with Crippen LogP contribution in [0.4, 0.5) is 5.82 Å². The van der Waals surface area contributed by atoms with Crippen LogP contribution in [0.2, 0.25) is 0 Å². The van der Waals surface area contributed by atoms with Gasteiger partial charge in [0.15, 0.2) is 0 Å². The Morgan fingerprint density at radius 1 is 1.19 bits per heavy atom. The zero-order valence-corrected chi connectivity index (χ0v) is 15.2. The van der Waals surface area contributed by atoms with Crippen LogP contribution in [0.25, 0.3) is 22.4 Å². The Kier molecular flexibility index (Phi) is 4.46. The number of para-hydroxylation sites is 1. The number of aromatic amines is 1. The van der Waals surface area contributed by atoms with Crippen molar-refractivity contribution < 1.29 is 4.42 Å². The number of aryl methyl sites for hydroxylation is 1. The lowest BCUT2D eigenvalue weighted by atomic mass is 10.2. The van der Waals surface area contributed by atoms with Crippen molar-refractivity contribution in [3.05, 3.63) is 76.5 Å². The summed E-state index contributed by atoms with van der Waals surface area (Å²) in [6.07, 6.45) is 2.41. The van der Waals surface area contributed by atoms with Gasteiger partial charge >= 0.3 is 0 Å². The molecule has 0 radical (unpaired) electrons. The van der Waals surface area contributed by atoms with Gasteiger partial charge in [0.2, 0.25) is 0 Å². The lowest BCUT2D eigenvalue weighted by Crippen LogP contribution is -2.10. The van der Waals surface area contributed by atoms with Gasteiger partial charge in [-0.15, -0.1) is 0 Å². The molecular formula is C21H20N4O2. The van der Waals surface area contributed by atoms with Crippen molar-refractivity contribution >= 4 is 16.8 Å². The zero-order chi connectivity index (χ0) is 18.8. The van der Waals surface area contributed by atoms with E-state index in [4.69, 9.17) is 4.42 Å². The highest BCUT2D eigenvalue weighted by Gasteiger charge is 2.12. The smallest absolute Gasteiger partial charge is 0.251 e. The van der Waals surface area contributed by atoms with Gasteiger partial charge in [-0.2, -0.15) is 0 Å². The van der Waals surface area contributed by atoms with Crippen LogP contribution < -0.4 is 10.9 Å². The van der Waals surface area contributed by atoms with Crippen molar-refractivity contribution in [3.63, 3.8) is 0 Å². The summed E-state index contributed by atoms with van der Waals surface area (Å²) in [5, 5.41) is 4.41. The van der Waals surface area contributed by atoms with Gasteiger partial charge in [0.1, 0.15) is 23.0 Å². The van der Waals surface area contributed by atoms with Crippen LogP contribution in [0.5, 0.6) is 0 Å². The maximum atomic E-state index is 11.7. The Bertz CT molecular complexity index is 1100. The molecule has 0 aliphatic heterocycles. The van der Waals surface area contributed by atoms with Gasteiger partial charge in [-0.3, -0.25) is 4.79 Å². The van der Waals surface area contributed by atoms with E-state index in [9.17, 15) is 4.79 Å². The third kappa shape index (κ3) is 3.60. The molecule has 0 unspecified atom stereocenters. The first-order valence-electron chi connectivity index (χ1n) is 8.94. The Labute approximate surface area is 156 Å². The largest absolute Gasteiger partial charge is 0.459 e. The number of nitrogens with one attached hydrogen (secondary N) is 2. The summed E-state index contributed by atoms with van der Waals surface area (Å²) in [5.41, 5.74) is 2.24. The summed E-state index contributed by atoms with van der Waals surface area (Å²) in [7, 11) is 0. The molecular weight excluding hydrogens is 340 g/mol. The molecule has 1 atom stereocenters. The topological polar surface area (TPSA) is 83.8 Å². The van der Waals surface area contributed by atoms with E-state index in [1.165, 1.54) is 6.07 Å². The molecule has 0 aliphatic rings. The summed E-state index contributed by atoms with van der Waals surface area (Å²) >= 11 is 0. The predicted octanol–water partition coefficient (Wildman–Crippen LogP) is 4.31. The molecule has 1 aromatic carbocycles. The minimum Gasteiger partial charge on any atom is -0.459 e. The third-order valence-electron chi connectivity index (χ3n) is 4.43. The standard InChI is InChI=1S/C21H20N4O2/c1-3-16-11-20(26)25-21(24-16)15-8-9-19(22-12-15)23-13(2)18-10-14-6-4-5-7-17(14)27-18/h4-13H,3H2,1-2H3,(H,22,23)(H,24,25,26)/t13-/m1/s1. The molecule has 0 fully saturated rings. The van der Waals surface area contributed by atoms with E-state index in [0.717, 1.165) is 33.8 Å². The number of benzene rings is 1. The van der Waals surface area contributed by atoms with Crippen molar-refractivity contribution in [2.45, 2.75) is 26.3 Å². The number of pyridine rings is 1. The fourth-order valence-electron chi connectivity index (χ4n) is 2.95. The number of hydrogen-bond donors (Lipinski definition) is 2. The molecule has 0 spiro atoms. The molecule has 0 bridgehead atoms. The molecule has 2 N–H and O–H groups in total. The summed E-state index contributed by atoms with van der Waals surface area (Å²) in [4.78, 5) is 23.4. The van der Waals surface area contributed by atoms with Crippen molar-refractivity contribution in [2.75, 3.05) is 5.32 Å². The lowest BCUT2D eigenvalue weighted by molar-refractivity contribution is 0.525. The molecule has 27 heavy (non-hydrogen) atoms. The van der Waals surface area contributed by atoms with Gasteiger partial charge in [0, 0.05) is 28.9 Å². The van der Waals surface area contributed by atoms with Crippen molar-refractivity contribution in [3.8, 4) is 11.4 Å². The van der Waals surface area contributed by atoms with Crippen molar-refractivity contribution in [2.24, 2.45) is 0 Å². The number of hydrogen-bond acceptors (Lipinski definition) is 5. The lowest BCUT2D eigenvalue weighted by Gasteiger charge is -2.12. The van der Waals surface area contributed by atoms with E-state index < -0.39 is 0 Å².